The van der Waals surface area contributed by atoms with E-state index in [1.54, 1.807) is 6.07 Å². The smallest absolute Gasteiger partial charge is 0.254 e. The summed E-state index contributed by atoms with van der Waals surface area (Å²) in [5.41, 5.74) is 0.324. The number of nitrogens with zero attached hydrogens (tertiary/aromatic N) is 3. The average Bonchev–Trinajstić information content (AvgIpc) is 2.29. The quantitative estimate of drug-likeness (QED) is 0.798. The Balaban J connectivity index is 2.45. The van der Waals surface area contributed by atoms with Crippen LogP contribution in [0.25, 0.3) is 11.4 Å². The van der Waals surface area contributed by atoms with Gasteiger partial charge in [0.05, 0.1) is 11.3 Å². The van der Waals surface area contributed by atoms with Gasteiger partial charge >= 0.3 is 6.18 Å². The number of alkyl halides is 3. The monoisotopic (exact) mass is 273 g/mol. The minimum atomic E-state index is -4.40. The minimum Gasteiger partial charge on any atom is -0.254 e. The second-order valence-electron chi connectivity index (χ2n) is 3.63. The van der Waals surface area contributed by atoms with E-state index >= 15 is 0 Å². The van der Waals surface area contributed by atoms with Crippen LogP contribution in [0, 0.1) is 6.92 Å². The van der Waals surface area contributed by atoms with Crippen molar-refractivity contribution in [2.24, 2.45) is 0 Å². The molecule has 0 saturated carbocycles. The number of hydrogen-bond donors (Lipinski definition) is 0. The third-order valence-electron chi connectivity index (χ3n) is 2.28. The number of hydrogen-bond acceptors (Lipinski definition) is 3. The molecular formula is C11H7ClF3N3. The normalized spacial score (nSPS) is 11.6. The molecule has 2 rings (SSSR count). The molecule has 0 aliphatic heterocycles. The molecule has 0 fully saturated rings. The molecule has 2 aromatic rings. The van der Waals surface area contributed by atoms with Gasteiger partial charge in [-0.3, -0.25) is 4.98 Å². The summed E-state index contributed by atoms with van der Waals surface area (Å²) in [7, 11) is 0. The van der Waals surface area contributed by atoms with Crippen molar-refractivity contribution in [3.05, 3.63) is 40.7 Å². The summed E-state index contributed by atoms with van der Waals surface area (Å²) in [4.78, 5) is 3.78. The first-order chi connectivity index (χ1) is 8.38. The van der Waals surface area contributed by atoms with Crippen molar-refractivity contribution in [1.29, 1.82) is 0 Å². The molecular weight excluding hydrogens is 267 g/mol. The van der Waals surface area contributed by atoms with Gasteiger partial charge in [0.15, 0.2) is 5.15 Å². The van der Waals surface area contributed by atoms with Gasteiger partial charge in [-0.15, -0.1) is 10.2 Å². The molecule has 94 valence electrons. The van der Waals surface area contributed by atoms with Crippen LogP contribution in [-0.2, 0) is 6.18 Å². The first-order valence-corrected chi connectivity index (χ1v) is 5.29. The number of halogens is 4. The molecule has 3 nitrogen and oxygen atoms in total. The summed E-state index contributed by atoms with van der Waals surface area (Å²) >= 11 is 5.58. The summed E-state index contributed by atoms with van der Waals surface area (Å²) in [5.74, 6) is 0. The average molecular weight is 274 g/mol. The molecule has 0 aliphatic carbocycles. The maximum atomic E-state index is 12.5. The zero-order chi connectivity index (χ0) is 13.3. The van der Waals surface area contributed by atoms with E-state index in [1.165, 1.54) is 13.0 Å². The zero-order valence-corrected chi connectivity index (χ0v) is 9.92. The second kappa shape index (κ2) is 4.53. The molecule has 0 spiro atoms. The van der Waals surface area contributed by atoms with E-state index in [0.717, 1.165) is 12.3 Å². The summed E-state index contributed by atoms with van der Waals surface area (Å²) in [6.07, 6.45) is -3.62. The van der Waals surface area contributed by atoms with Crippen molar-refractivity contribution in [2.45, 2.75) is 13.1 Å². The van der Waals surface area contributed by atoms with Gasteiger partial charge < -0.3 is 0 Å². The zero-order valence-electron chi connectivity index (χ0n) is 9.16. The molecule has 0 radical (unpaired) electrons. The van der Waals surface area contributed by atoms with Crippen LogP contribution in [0.5, 0.6) is 0 Å². The minimum absolute atomic E-state index is 0.211. The first kappa shape index (κ1) is 12.8. The second-order valence-corrected chi connectivity index (χ2v) is 4.02. The molecule has 2 aromatic heterocycles. The highest BCUT2D eigenvalue weighted by Crippen LogP contribution is 2.31. The molecule has 0 saturated heterocycles. The van der Waals surface area contributed by atoms with Crippen LogP contribution < -0.4 is 0 Å². The van der Waals surface area contributed by atoms with Gasteiger partial charge in [-0.1, -0.05) is 11.6 Å². The van der Waals surface area contributed by atoms with Crippen molar-refractivity contribution < 1.29 is 13.2 Å². The summed E-state index contributed by atoms with van der Waals surface area (Å²) in [5, 5.41) is 7.61. The maximum Gasteiger partial charge on any atom is 0.417 e. The standard InChI is InChI=1S/C11H7ClF3N3/c1-6-4-7(11(13,14)15)5-16-10(6)8-2-3-9(12)18-17-8/h2-5H,1H3. The van der Waals surface area contributed by atoms with E-state index in [1.807, 2.05) is 0 Å². The lowest BCUT2D eigenvalue weighted by molar-refractivity contribution is -0.137. The number of aromatic nitrogens is 3. The Morgan fingerprint density at radius 3 is 2.39 bits per heavy atom. The largest absolute Gasteiger partial charge is 0.417 e. The van der Waals surface area contributed by atoms with Crippen molar-refractivity contribution >= 4 is 11.6 Å². The lowest BCUT2D eigenvalue weighted by Gasteiger charge is -2.09. The first-order valence-electron chi connectivity index (χ1n) is 4.91. The predicted molar refractivity (Wildman–Crippen MR) is 60.0 cm³/mol. The van der Waals surface area contributed by atoms with E-state index in [2.05, 4.69) is 15.2 Å². The molecule has 2 heterocycles. The summed E-state index contributed by atoms with van der Waals surface area (Å²) in [6, 6.07) is 4.08. The van der Waals surface area contributed by atoms with Gasteiger partial charge in [0.2, 0.25) is 0 Å². The van der Waals surface area contributed by atoms with E-state index in [0.29, 0.717) is 17.0 Å². The fraction of sp³-hybridized carbons (Fsp3) is 0.182. The van der Waals surface area contributed by atoms with Gasteiger partial charge in [-0.25, -0.2) is 0 Å². The van der Waals surface area contributed by atoms with Crippen LogP contribution in [0.2, 0.25) is 5.15 Å². The Hall–Kier alpha value is -1.69. The Labute approximate surface area is 106 Å². The third kappa shape index (κ3) is 2.59. The SMILES string of the molecule is Cc1cc(C(F)(F)F)cnc1-c1ccc(Cl)nn1. The van der Waals surface area contributed by atoms with Crippen molar-refractivity contribution in [2.75, 3.05) is 0 Å². The van der Waals surface area contributed by atoms with E-state index in [-0.39, 0.29) is 5.15 Å². The van der Waals surface area contributed by atoms with Gasteiger partial charge in [0.1, 0.15) is 5.69 Å². The van der Waals surface area contributed by atoms with Crippen molar-refractivity contribution in [3.63, 3.8) is 0 Å². The van der Waals surface area contributed by atoms with Gasteiger partial charge in [0.25, 0.3) is 0 Å². The van der Waals surface area contributed by atoms with Crippen LogP contribution in [-0.4, -0.2) is 15.2 Å². The highest BCUT2D eigenvalue weighted by molar-refractivity contribution is 6.29. The highest BCUT2D eigenvalue weighted by Gasteiger charge is 2.31. The molecule has 0 N–H and O–H groups in total. The van der Waals surface area contributed by atoms with E-state index in [9.17, 15) is 13.2 Å². The van der Waals surface area contributed by atoms with E-state index < -0.39 is 11.7 Å². The molecule has 0 bridgehead atoms. The molecule has 0 aromatic carbocycles. The molecule has 7 heteroatoms. The maximum absolute atomic E-state index is 12.5. The molecule has 0 aliphatic rings. The third-order valence-corrected chi connectivity index (χ3v) is 2.48. The van der Waals surface area contributed by atoms with Gasteiger partial charge in [0, 0.05) is 6.20 Å². The van der Waals surface area contributed by atoms with Crippen LogP contribution in [0.4, 0.5) is 13.2 Å². The molecule has 0 unspecified atom stereocenters. The van der Waals surface area contributed by atoms with Crippen LogP contribution in [0.1, 0.15) is 11.1 Å². The summed E-state index contributed by atoms with van der Waals surface area (Å²) in [6.45, 7) is 1.54. The number of pyridine rings is 1. The van der Waals surface area contributed by atoms with E-state index in [4.69, 9.17) is 11.6 Å². The summed E-state index contributed by atoms with van der Waals surface area (Å²) < 4.78 is 37.4. The fourth-order valence-electron chi connectivity index (χ4n) is 1.44. The number of rotatable bonds is 1. The van der Waals surface area contributed by atoms with Crippen LogP contribution >= 0.6 is 11.6 Å². The van der Waals surface area contributed by atoms with Crippen molar-refractivity contribution in [1.82, 2.24) is 15.2 Å². The number of aryl methyl sites for hydroxylation is 1. The predicted octanol–water partition coefficient (Wildman–Crippen LogP) is 3.52. The van der Waals surface area contributed by atoms with Crippen molar-refractivity contribution in [3.8, 4) is 11.4 Å². The lowest BCUT2D eigenvalue weighted by Crippen LogP contribution is -2.06. The highest BCUT2D eigenvalue weighted by atomic mass is 35.5. The molecule has 0 atom stereocenters. The fourth-order valence-corrected chi connectivity index (χ4v) is 1.54. The van der Waals surface area contributed by atoms with Gasteiger partial charge in [-0.2, -0.15) is 13.2 Å². The Morgan fingerprint density at radius 2 is 1.89 bits per heavy atom. The van der Waals surface area contributed by atoms with Crippen LogP contribution in [0.15, 0.2) is 24.4 Å². The Bertz CT molecular complexity index is 567. The lowest BCUT2D eigenvalue weighted by atomic mass is 10.1. The van der Waals surface area contributed by atoms with Crippen LogP contribution in [0.3, 0.4) is 0 Å². The molecule has 18 heavy (non-hydrogen) atoms. The molecule has 0 amide bonds. The Kier molecular flexibility index (Phi) is 3.21. The van der Waals surface area contributed by atoms with Gasteiger partial charge in [-0.05, 0) is 30.7 Å². The topological polar surface area (TPSA) is 38.7 Å². The Morgan fingerprint density at radius 1 is 1.17 bits per heavy atom.